The van der Waals surface area contributed by atoms with Crippen molar-refractivity contribution >= 4 is 21.8 Å². The number of nitrogens with one attached hydrogen (secondary N) is 2. The quantitative estimate of drug-likeness (QED) is 0.565. The van der Waals surface area contributed by atoms with Crippen molar-refractivity contribution in [2.75, 3.05) is 13.7 Å². The lowest BCUT2D eigenvalue weighted by atomic mass is 9.79. The number of hydrogen-bond acceptors (Lipinski definition) is 5. The Bertz CT molecular complexity index is 1200. The number of aliphatic imine (C=N–C) groups is 1. The van der Waals surface area contributed by atoms with E-state index in [0.29, 0.717) is 12.5 Å². The van der Waals surface area contributed by atoms with Crippen molar-refractivity contribution in [1.82, 2.24) is 10.0 Å². The van der Waals surface area contributed by atoms with Crippen LogP contribution in [-0.4, -0.2) is 39.9 Å². The van der Waals surface area contributed by atoms with Crippen molar-refractivity contribution in [3.8, 4) is 5.75 Å². The lowest BCUT2D eigenvalue weighted by Crippen LogP contribution is -2.38. The van der Waals surface area contributed by atoms with E-state index in [-0.39, 0.29) is 28.7 Å². The molecule has 3 aliphatic rings. The molecule has 2 atom stereocenters. The average Bonchev–Trinajstić information content (AvgIpc) is 3.36. The number of benzene rings is 2. The van der Waals surface area contributed by atoms with Crippen LogP contribution in [0.1, 0.15) is 69.4 Å². The fourth-order valence-electron chi connectivity index (χ4n) is 5.73. The maximum Gasteiger partial charge on any atom is 0.240 e. The fourth-order valence-corrected chi connectivity index (χ4v) is 6.86. The third-order valence-electron chi connectivity index (χ3n) is 7.76. The monoisotopic (exact) mass is 525 g/mol. The first-order valence-corrected chi connectivity index (χ1v) is 15.0. The van der Waals surface area contributed by atoms with Gasteiger partial charge in [0.15, 0.2) is 0 Å². The summed E-state index contributed by atoms with van der Waals surface area (Å²) in [6.45, 7) is 4.41. The highest BCUT2D eigenvalue weighted by atomic mass is 32.2. The van der Waals surface area contributed by atoms with Gasteiger partial charge in [-0.1, -0.05) is 38.1 Å². The van der Waals surface area contributed by atoms with Crippen molar-refractivity contribution < 1.29 is 17.9 Å². The maximum absolute atomic E-state index is 13.0. The maximum atomic E-state index is 13.0. The van der Waals surface area contributed by atoms with Gasteiger partial charge in [-0.2, -0.15) is 0 Å². The fraction of sp³-hybridized carbons (Fsp3) is 0.517. The Hall–Kier alpha value is -2.71. The highest BCUT2D eigenvalue weighted by Gasteiger charge is 2.36. The smallest absolute Gasteiger partial charge is 0.240 e. The van der Waals surface area contributed by atoms with Gasteiger partial charge in [0.2, 0.25) is 15.9 Å². The average molecular weight is 526 g/mol. The number of aryl methyl sites for hydroxylation is 1. The van der Waals surface area contributed by atoms with Crippen molar-refractivity contribution in [3.63, 3.8) is 0 Å². The predicted molar refractivity (Wildman–Crippen MR) is 146 cm³/mol. The molecular formula is C29H39N3O4S. The molecule has 0 spiro atoms. The molecule has 200 valence electrons. The normalized spacial score (nSPS) is 24.6. The lowest BCUT2D eigenvalue weighted by molar-refractivity contribution is -0.124. The molecule has 1 fully saturated rings. The van der Waals surface area contributed by atoms with Crippen LogP contribution in [0.3, 0.4) is 0 Å². The summed E-state index contributed by atoms with van der Waals surface area (Å²) >= 11 is 0. The van der Waals surface area contributed by atoms with Gasteiger partial charge in [-0.05, 0) is 79.8 Å². The Labute approximate surface area is 221 Å². The predicted octanol–water partition coefficient (Wildman–Crippen LogP) is 4.82. The molecular weight excluding hydrogens is 486 g/mol. The van der Waals surface area contributed by atoms with E-state index >= 15 is 0 Å². The van der Waals surface area contributed by atoms with Crippen LogP contribution in [0.4, 0.5) is 0 Å². The molecule has 8 heteroatoms. The number of fused-ring (bicyclic) bond motifs is 3. The van der Waals surface area contributed by atoms with Gasteiger partial charge in [-0.25, -0.2) is 13.1 Å². The number of methoxy groups -OCH3 is 1. The molecule has 1 amide bonds. The largest absolute Gasteiger partial charge is 0.497 e. The number of sulfonamides is 1. The van der Waals surface area contributed by atoms with Crippen LogP contribution in [0, 0.1) is 11.8 Å². The first-order valence-electron chi connectivity index (χ1n) is 13.5. The van der Waals surface area contributed by atoms with Crippen LogP contribution in [0.25, 0.3) is 0 Å². The topological polar surface area (TPSA) is 96.9 Å². The highest BCUT2D eigenvalue weighted by molar-refractivity contribution is 7.89. The Morgan fingerprint density at radius 3 is 2.46 bits per heavy atom. The van der Waals surface area contributed by atoms with E-state index < -0.39 is 10.0 Å². The summed E-state index contributed by atoms with van der Waals surface area (Å²) in [5.41, 5.74) is 2.66. The van der Waals surface area contributed by atoms with Crippen LogP contribution in [0.5, 0.6) is 5.75 Å². The van der Waals surface area contributed by atoms with Gasteiger partial charge in [-0.3, -0.25) is 9.79 Å². The minimum atomic E-state index is -3.49. The number of carbonyl (C=O) groups is 1. The first-order chi connectivity index (χ1) is 17.9. The Kier molecular flexibility index (Phi) is 9.03. The van der Waals surface area contributed by atoms with Gasteiger partial charge in [0.05, 0.1) is 18.0 Å². The lowest BCUT2D eigenvalue weighted by Gasteiger charge is -2.28. The minimum Gasteiger partial charge on any atom is -0.497 e. The number of amidine groups is 1. The summed E-state index contributed by atoms with van der Waals surface area (Å²) < 4.78 is 33.0. The molecule has 2 unspecified atom stereocenters. The molecule has 2 aromatic carbocycles. The molecule has 0 bridgehead atoms. The van der Waals surface area contributed by atoms with Crippen molar-refractivity contribution in [2.24, 2.45) is 16.8 Å². The molecule has 0 saturated heterocycles. The number of carbonyl (C=O) groups excluding carboxylic acids is 1. The van der Waals surface area contributed by atoms with Gasteiger partial charge in [-0.15, -0.1) is 0 Å². The summed E-state index contributed by atoms with van der Waals surface area (Å²) in [7, 11) is -1.80. The van der Waals surface area contributed by atoms with Crippen molar-refractivity contribution in [1.29, 1.82) is 0 Å². The van der Waals surface area contributed by atoms with Crippen LogP contribution < -0.4 is 14.8 Å². The number of rotatable bonds is 6. The molecule has 5 rings (SSSR count). The van der Waals surface area contributed by atoms with Gasteiger partial charge < -0.3 is 10.1 Å². The summed E-state index contributed by atoms with van der Waals surface area (Å²) in [6, 6.07) is 15.0. The number of hydrogen-bond donors (Lipinski definition) is 2. The van der Waals surface area contributed by atoms with Gasteiger partial charge >= 0.3 is 0 Å². The molecule has 1 aliphatic heterocycles. The molecule has 1 saturated carbocycles. The third-order valence-corrected chi connectivity index (χ3v) is 9.20. The summed E-state index contributed by atoms with van der Waals surface area (Å²) in [6.07, 6.45) is 5.96. The molecule has 0 aromatic heterocycles. The van der Waals surface area contributed by atoms with E-state index in [2.05, 4.69) is 22.2 Å². The summed E-state index contributed by atoms with van der Waals surface area (Å²) in [5.74, 6) is 2.29. The van der Waals surface area contributed by atoms with Gasteiger partial charge in [0.25, 0.3) is 0 Å². The van der Waals surface area contributed by atoms with Crippen LogP contribution in [0.2, 0.25) is 0 Å². The van der Waals surface area contributed by atoms with Crippen LogP contribution >= 0.6 is 0 Å². The van der Waals surface area contributed by atoms with E-state index in [1.54, 1.807) is 37.4 Å². The minimum absolute atomic E-state index is 0.0427. The molecule has 2 aromatic rings. The first kappa shape index (κ1) is 27.3. The molecule has 37 heavy (non-hydrogen) atoms. The summed E-state index contributed by atoms with van der Waals surface area (Å²) in [4.78, 5) is 18.1. The summed E-state index contributed by atoms with van der Waals surface area (Å²) in [5, 5.41) is 3.13. The number of amides is 1. The zero-order valence-electron chi connectivity index (χ0n) is 22.1. The molecule has 1 heterocycles. The Morgan fingerprint density at radius 2 is 1.76 bits per heavy atom. The van der Waals surface area contributed by atoms with Crippen LogP contribution in [-0.2, 0) is 21.2 Å². The van der Waals surface area contributed by atoms with Gasteiger partial charge in [0.1, 0.15) is 11.6 Å². The second kappa shape index (κ2) is 12.2. The number of nitrogens with zero attached hydrogens (tertiary/aromatic N) is 1. The van der Waals surface area contributed by atoms with E-state index in [1.165, 1.54) is 11.1 Å². The molecule has 2 N–H and O–H groups in total. The van der Waals surface area contributed by atoms with Crippen LogP contribution in [0.15, 0.2) is 58.4 Å². The third kappa shape index (κ3) is 6.41. The SMILES string of the molecule is CC.COc1ccc2c(c1)CCC1N=C(NC(=O)C3CCC(CNS(=O)(=O)c4ccccc4)CC3)CC21. The van der Waals surface area contributed by atoms with Crippen molar-refractivity contribution in [3.05, 3.63) is 59.7 Å². The highest BCUT2D eigenvalue weighted by Crippen LogP contribution is 2.41. The molecule has 2 aliphatic carbocycles. The Morgan fingerprint density at radius 1 is 1.03 bits per heavy atom. The van der Waals surface area contributed by atoms with E-state index in [0.717, 1.165) is 56.5 Å². The zero-order valence-corrected chi connectivity index (χ0v) is 22.9. The number of ether oxygens (including phenoxy) is 1. The standard InChI is InChI=1S/C27H33N3O4S.C2H6/c1-34-21-12-13-23-20(15-21)11-14-25-24(23)16-26(29-25)30-27(31)19-9-7-18(8-10-19)17-28-35(32,33)22-5-3-2-4-6-22;1-2/h2-6,12-13,15,18-19,24-25,28H,7-11,14,16-17H2,1H3,(H,29,30,31);1-2H3. The van der Waals surface area contributed by atoms with Crippen molar-refractivity contribution in [2.45, 2.75) is 75.6 Å². The zero-order chi connectivity index (χ0) is 26.4. The second-order valence-electron chi connectivity index (χ2n) is 9.93. The van der Waals surface area contributed by atoms with E-state index in [1.807, 2.05) is 19.9 Å². The molecule has 7 nitrogen and oxygen atoms in total. The van der Waals surface area contributed by atoms with E-state index in [4.69, 9.17) is 9.73 Å². The van der Waals surface area contributed by atoms with Gasteiger partial charge in [0, 0.05) is 24.8 Å². The van der Waals surface area contributed by atoms with E-state index in [9.17, 15) is 13.2 Å². The second-order valence-corrected chi connectivity index (χ2v) is 11.7. The Balaban J connectivity index is 0.00000156. The molecule has 0 radical (unpaired) electrons.